The first-order valence-corrected chi connectivity index (χ1v) is 8.58. The molecule has 28 heavy (non-hydrogen) atoms. The molecule has 0 aromatic carbocycles. The van der Waals surface area contributed by atoms with Gasteiger partial charge in [-0.05, 0) is 48.5 Å². The van der Waals surface area contributed by atoms with Crippen LogP contribution < -0.4 is 9.47 Å². The van der Waals surface area contributed by atoms with Crippen LogP contribution >= 0.6 is 24.8 Å². The Morgan fingerprint density at radius 1 is 1.11 bits per heavy atom. The minimum absolute atomic E-state index is 0. The number of nitrogens with zero attached hydrogens (tertiary/aromatic N) is 3. The standard InChI is InChI=1S/C19H19N3O4.2ClH/c1-2-24-19-9-12(5-6-20-19)14-7-15(8-14)25-18-4-3-13(11-21-18)16-10-17(23)22-26-16;;/h3-6,9-11,14-15H,2,7-8H2,1H3,(H,22,23);2*1H/t14-,15-;;. The minimum atomic E-state index is -0.149. The van der Waals surface area contributed by atoms with Gasteiger partial charge in [-0.15, -0.1) is 24.8 Å². The summed E-state index contributed by atoms with van der Waals surface area (Å²) >= 11 is 0. The third-order valence-electron chi connectivity index (χ3n) is 4.42. The van der Waals surface area contributed by atoms with E-state index in [9.17, 15) is 5.11 Å². The second-order valence-corrected chi connectivity index (χ2v) is 6.20. The van der Waals surface area contributed by atoms with Crippen molar-refractivity contribution in [3.63, 3.8) is 0 Å². The van der Waals surface area contributed by atoms with Gasteiger partial charge in [-0.25, -0.2) is 9.97 Å². The Kier molecular flexibility index (Phi) is 7.48. The lowest BCUT2D eigenvalue weighted by Gasteiger charge is -2.35. The number of aromatic hydroxyl groups is 1. The van der Waals surface area contributed by atoms with Crippen molar-refractivity contribution < 1.29 is 19.1 Å². The second-order valence-electron chi connectivity index (χ2n) is 6.20. The summed E-state index contributed by atoms with van der Waals surface area (Å²) in [6.45, 7) is 2.56. The van der Waals surface area contributed by atoms with Crippen LogP contribution in [-0.4, -0.2) is 32.9 Å². The van der Waals surface area contributed by atoms with Gasteiger partial charge in [0.2, 0.25) is 11.8 Å². The van der Waals surface area contributed by atoms with Crippen molar-refractivity contribution in [1.82, 2.24) is 15.1 Å². The van der Waals surface area contributed by atoms with Crippen LogP contribution in [0.4, 0.5) is 0 Å². The lowest BCUT2D eigenvalue weighted by Crippen LogP contribution is -2.32. The van der Waals surface area contributed by atoms with E-state index in [0.717, 1.165) is 18.4 Å². The quantitative estimate of drug-likeness (QED) is 0.625. The third kappa shape index (κ3) is 4.85. The van der Waals surface area contributed by atoms with Gasteiger partial charge in [-0.1, -0.05) is 0 Å². The Hall–Kier alpha value is -2.51. The number of hydrogen-bond acceptors (Lipinski definition) is 7. The zero-order valence-electron chi connectivity index (χ0n) is 15.1. The number of ether oxygens (including phenoxy) is 2. The monoisotopic (exact) mass is 425 g/mol. The average Bonchev–Trinajstić information content (AvgIpc) is 3.05. The molecule has 9 heteroatoms. The van der Waals surface area contributed by atoms with E-state index in [0.29, 0.717) is 30.0 Å². The van der Waals surface area contributed by atoms with Gasteiger partial charge in [0.1, 0.15) is 6.10 Å². The van der Waals surface area contributed by atoms with Crippen molar-refractivity contribution in [2.24, 2.45) is 0 Å². The third-order valence-corrected chi connectivity index (χ3v) is 4.42. The van der Waals surface area contributed by atoms with E-state index < -0.39 is 0 Å². The molecule has 0 unspecified atom stereocenters. The fourth-order valence-electron chi connectivity index (χ4n) is 3.01. The zero-order valence-corrected chi connectivity index (χ0v) is 16.8. The molecule has 0 saturated heterocycles. The largest absolute Gasteiger partial charge is 0.491 e. The van der Waals surface area contributed by atoms with Crippen LogP contribution in [-0.2, 0) is 0 Å². The van der Waals surface area contributed by atoms with Crippen LogP contribution in [0.15, 0.2) is 47.2 Å². The number of aromatic nitrogens is 3. The first-order chi connectivity index (χ1) is 12.7. The molecule has 1 N–H and O–H groups in total. The second kappa shape index (κ2) is 9.61. The lowest BCUT2D eigenvalue weighted by molar-refractivity contribution is 0.0934. The molecule has 1 aliphatic rings. The fraction of sp³-hybridized carbons (Fsp3) is 0.316. The van der Waals surface area contributed by atoms with Crippen molar-refractivity contribution in [1.29, 1.82) is 0 Å². The number of hydrogen-bond donors (Lipinski definition) is 1. The molecule has 3 heterocycles. The summed E-state index contributed by atoms with van der Waals surface area (Å²) in [6.07, 6.45) is 5.46. The van der Waals surface area contributed by atoms with Crippen LogP contribution in [0.5, 0.6) is 17.6 Å². The fourth-order valence-corrected chi connectivity index (χ4v) is 3.01. The average molecular weight is 426 g/mol. The minimum Gasteiger partial charge on any atom is -0.491 e. The van der Waals surface area contributed by atoms with Crippen molar-refractivity contribution >= 4 is 24.8 Å². The van der Waals surface area contributed by atoms with Gasteiger partial charge >= 0.3 is 0 Å². The summed E-state index contributed by atoms with van der Waals surface area (Å²) in [6, 6.07) is 9.10. The van der Waals surface area contributed by atoms with Crippen molar-refractivity contribution in [3.8, 4) is 29.0 Å². The highest BCUT2D eigenvalue weighted by molar-refractivity contribution is 5.85. The maximum atomic E-state index is 9.23. The van der Waals surface area contributed by atoms with Gasteiger partial charge in [0.15, 0.2) is 5.76 Å². The van der Waals surface area contributed by atoms with E-state index in [2.05, 4.69) is 15.1 Å². The molecule has 150 valence electrons. The number of rotatable bonds is 6. The SMILES string of the molecule is CCOc1cc([C@H]2C[C@H](Oc3ccc(-c4cc(O)no4)cn3)C2)ccn1.Cl.Cl. The molecular weight excluding hydrogens is 405 g/mol. The highest BCUT2D eigenvalue weighted by atomic mass is 35.5. The highest BCUT2D eigenvalue weighted by Crippen LogP contribution is 2.39. The van der Waals surface area contributed by atoms with Gasteiger partial charge in [0.05, 0.1) is 6.61 Å². The van der Waals surface area contributed by atoms with E-state index >= 15 is 0 Å². The first kappa shape index (κ1) is 21.8. The van der Waals surface area contributed by atoms with Gasteiger partial charge < -0.3 is 19.1 Å². The molecule has 1 saturated carbocycles. The predicted molar refractivity (Wildman–Crippen MR) is 108 cm³/mol. The van der Waals surface area contributed by atoms with Gasteiger partial charge in [0, 0.05) is 36.2 Å². The van der Waals surface area contributed by atoms with Crippen LogP contribution in [0, 0.1) is 0 Å². The summed E-state index contributed by atoms with van der Waals surface area (Å²) < 4.78 is 16.4. The molecule has 1 aliphatic carbocycles. The molecule has 0 spiro atoms. The Balaban J connectivity index is 0.00000140. The summed E-state index contributed by atoms with van der Waals surface area (Å²) in [5.74, 6) is 2.02. The maximum Gasteiger partial charge on any atom is 0.252 e. The van der Waals surface area contributed by atoms with E-state index in [1.807, 2.05) is 25.1 Å². The Labute approximate surface area is 174 Å². The van der Waals surface area contributed by atoms with Crippen molar-refractivity contribution in [2.45, 2.75) is 31.8 Å². The lowest BCUT2D eigenvalue weighted by atomic mass is 9.78. The molecule has 1 fully saturated rings. The Bertz CT molecular complexity index is 883. The topological polar surface area (TPSA) is 90.5 Å². The summed E-state index contributed by atoms with van der Waals surface area (Å²) in [7, 11) is 0. The smallest absolute Gasteiger partial charge is 0.252 e. The molecule has 0 radical (unpaired) electrons. The van der Waals surface area contributed by atoms with E-state index in [1.165, 1.54) is 11.6 Å². The van der Waals surface area contributed by atoms with Crippen LogP contribution in [0.3, 0.4) is 0 Å². The van der Waals surface area contributed by atoms with Gasteiger partial charge in [0.25, 0.3) is 5.88 Å². The maximum absolute atomic E-state index is 9.23. The van der Waals surface area contributed by atoms with E-state index in [1.54, 1.807) is 18.5 Å². The number of halogens is 2. The van der Waals surface area contributed by atoms with Crippen molar-refractivity contribution in [3.05, 3.63) is 48.3 Å². The van der Waals surface area contributed by atoms with Crippen LogP contribution in [0.25, 0.3) is 11.3 Å². The molecule has 7 nitrogen and oxygen atoms in total. The summed E-state index contributed by atoms with van der Waals surface area (Å²) in [5.41, 5.74) is 1.97. The molecule has 0 aliphatic heterocycles. The first-order valence-electron chi connectivity index (χ1n) is 8.58. The highest BCUT2D eigenvalue weighted by Gasteiger charge is 2.32. The molecule has 0 atom stereocenters. The molecule has 0 bridgehead atoms. The molecule has 3 aromatic heterocycles. The number of pyridine rings is 2. The van der Waals surface area contributed by atoms with Crippen LogP contribution in [0.2, 0.25) is 0 Å². The molecule has 4 rings (SSSR count). The van der Waals surface area contributed by atoms with E-state index in [-0.39, 0.29) is 36.8 Å². The van der Waals surface area contributed by atoms with Gasteiger partial charge in [-0.2, -0.15) is 0 Å². The van der Waals surface area contributed by atoms with Crippen molar-refractivity contribution in [2.75, 3.05) is 6.61 Å². The zero-order chi connectivity index (χ0) is 17.9. The molecule has 3 aromatic rings. The predicted octanol–water partition coefficient (Wildman–Crippen LogP) is 4.40. The Morgan fingerprint density at radius 3 is 2.57 bits per heavy atom. The van der Waals surface area contributed by atoms with E-state index in [4.69, 9.17) is 14.0 Å². The van der Waals surface area contributed by atoms with Gasteiger partial charge in [-0.3, -0.25) is 0 Å². The Morgan fingerprint density at radius 2 is 1.93 bits per heavy atom. The molecule has 0 amide bonds. The summed E-state index contributed by atoms with van der Waals surface area (Å²) in [4.78, 5) is 8.50. The summed E-state index contributed by atoms with van der Waals surface area (Å²) in [5, 5.41) is 12.7. The molecular formula is C19H21Cl2N3O4. The van der Waals surface area contributed by atoms with Crippen LogP contribution in [0.1, 0.15) is 31.2 Å². The normalized spacial score (nSPS) is 17.6.